The Hall–Kier alpha value is -3.75. The Kier molecular flexibility index (Phi) is 9.32. The predicted octanol–water partition coefficient (Wildman–Crippen LogP) is 3.22. The van der Waals surface area contributed by atoms with Crippen LogP contribution in [0.2, 0.25) is 0 Å². The number of rotatable bonds is 11. The lowest BCUT2D eigenvalue weighted by molar-refractivity contribution is -0.140. The molecule has 2 aliphatic heterocycles. The van der Waals surface area contributed by atoms with Crippen LogP contribution < -0.4 is 19.7 Å². The summed E-state index contributed by atoms with van der Waals surface area (Å²) in [5.74, 6) is 1.23. The molecule has 4 rings (SSSR count). The molecule has 9 heteroatoms. The smallest absolute Gasteiger partial charge is 0.250 e. The largest absolute Gasteiger partial charge is 0.493 e. The standard InChI is InChI=1S/C30H40N4O5/c1-4-5-11-28(36)32-18-15-30(16-19-32)29(37)33(22-34(30)24-9-7-6-8-10-24)21-27(35)31-17-14-23-12-13-25(38-2)26(20-23)39-3/h6-10,12-13,20H,4-5,11,14-19,21-22H2,1-3H3,(H,31,35). The van der Waals surface area contributed by atoms with Crippen LogP contribution in [0.3, 0.4) is 0 Å². The topological polar surface area (TPSA) is 91.4 Å². The Morgan fingerprint density at radius 2 is 1.72 bits per heavy atom. The van der Waals surface area contributed by atoms with Gasteiger partial charge in [0, 0.05) is 31.7 Å². The fraction of sp³-hybridized carbons (Fsp3) is 0.500. The normalized spacial score (nSPS) is 16.5. The van der Waals surface area contributed by atoms with Gasteiger partial charge in [0.05, 0.1) is 20.9 Å². The molecule has 1 N–H and O–H groups in total. The number of piperidine rings is 1. The molecule has 9 nitrogen and oxygen atoms in total. The number of carbonyl (C=O) groups is 3. The van der Waals surface area contributed by atoms with Crippen LogP contribution in [-0.2, 0) is 20.8 Å². The Balaban J connectivity index is 1.39. The van der Waals surface area contributed by atoms with Gasteiger partial charge in [0.25, 0.3) is 5.91 Å². The van der Waals surface area contributed by atoms with E-state index in [2.05, 4.69) is 17.1 Å². The lowest BCUT2D eigenvalue weighted by atomic mass is 9.85. The molecule has 2 saturated heterocycles. The third kappa shape index (κ3) is 6.29. The molecule has 210 valence electrons. The Labute approximate surface area is 231 Å². The van der Waals surface area contributed by atoms with E-state index in [-0.39, 0.29) is 24.3 Å². The number of amides is 3. The van der Waals surface area contributed by atoms with Crippen molar-refractivity contribution in [3.05, 3.63) is 54.1 Å². The summed E-state index contributed by atoms with van der Waals surface area (Å²) in [6.45, 7) is 3.95. The van der Waals surface area contributed by atoms with Crippen LogP contribution >= 0.6 is 0 Å². The first-order valence-electron chi connectivity index (χ1n) is 13.8. The minimum Gasteiger partial charge on any atom is -0.493 e. The molecule has 2 heterocycles. The Bertz CT molecular complexity index is 1150. The molecule has 2 aromatic rings. The Morgan fingerprint density at radius 3 is 2.38 bits per heavy atom. The number of para-hydroxylation sites is 1. The first-order valence-corrected chi connectivity index (χ1v) is 13.8. The predicted molar refractivity (Wildman–Crippen MR) is 150 cm³/mol. The molecular weight excluding hydrogens is 496 g/mol. The van der Waals surface area contributed by atoms with Crippen molar-refractivity contribution >= 4 is 23.4 Å². The average molecular weight is 537 g/mol. The summed E-state index contributed by atoms with van der Waals surface area (Å²) in [7, 11) is 3.19. The van der Waals surface area contributed by atoms with E-state index in [4.69, 9.17) is 9.47 Å². The van der Waals surface area contributed by atoms with Crippen molar-refractivity contribution in [2.24, 2.45) is 0 Å². The van der Waals surface area contributed by atoms with Crippen molar-refractivity contribution < 1.29 is 23.9 Å². The minimum absolute atomic E-state index is 0.00496. The molecule has 0 radical (unpaired) electrons. The number of hydrogen-bond acceptors (Lipinski definition) is 6. The van der Waals surface area contributed by atoms with E-state index in [0.717, 1.165) is 24.1 Å². The summed E-state index contributed by atoms with van der Waals surface area (Å²) in [6.07, 6.45) is 4.14. The van der Waals surface area contributed by atoms with E-state index in [1.54, 1.807) is 19.1 Å². The van der Waals surface area contributed by atoms with E-state index in [0.29, 0.717) is 63.5 Å². The molecule has 0 unspecified atom stereocenters. The maximum Gasteiger partial charge on any atom is 0.250 e. The van der Waals surface area contributed by atoms with Crippen molar-refractivity contribution in [3.8, 4) is 11.5 Å². The highest BCUT2D eigenvalue weighted by atomic mass is 16.5. The highest BCUT2D eigenvalue weighted by Gasteiger charge is 2.54. The SMILES string of the molecule is CCCCC(=O)N1CCC2(CC1)C(=O)N(CC(=O)NCCc1ccc(OC)c(OC)c1)CN2c1ccccc1. The molecule has 0 bridgehead atoms. The zero-order valence-corrected chi connectivity index (χ0v) is 23.3. The van der Waals surface area contributed by atoms with Gasteiger partial charge in [0.1, 0.15) is 12.1 Å². The van der Waals surface area contributed by atoms with Gasteiger partial charge in [-0.2, -0.15) is 0 Å². The van der Waals surface area contributed by atoms with Crippen LogP contribution in [0.5, 0.6) is 11.5 Å². The maximum absolute atomic E-state index is 13.9. The van der Waals surface area contributed by atoms with Crippen molar-refractivity contribution in [3.63, 3.8) is 0 Å². The molecule has 0 aromatic heterocycles. The molecule has 0 atom stereocenters. The fourth-order valence-corrected chi connectivity index (χ4v) is 5.55. The van der Waals surface area contributed by atoms with Gasteiger partial charge in [0.2, 0.25) is 11.8 Å². The minimum atomic E-state index is -0.747. The van der Waals surface area contributed by atoms with Gasteiger partial charge in [-0.3, -0.25) is 14.4 Å². The van der Waals surface area contributed by atoms with Crippen molar-refractivity contribution in [2.45, 2.75) is 51.0 Å². The second kappa shape index (κ2) is 12.9. The van der Waals surface area contributed by atoms with Crippen molar-refractivity contribution in [1.82, 2.24) is 15.1 Å². The zero-order valence-electron chi connectivity index (χ0n) is 23.3. The summed E-state index contributed by atoms with van der Waals surface area (Å²) in [5, 5.41) is 2.96. The van der Waals surface area contributed by atoms with Crippen LogP contribution in [-0.4, -0.2) is 80.1 Å². The van der Waals surface area contributed by atoms with E-state index in [1.165, 1.54) is 0 Å². The molecule has 2 aromatic carbocycles. The van der Waals surface area contributed by atoms with E-state index >= 15 is 0 Å². The van der Waals surface area contributed by atoms with Gasteiger partial charge in [-0.05, 0) is 55.5 Å². The first kappa shape index (κ1) is 28.3. The number of benzene rings is 2. The number of methoxy groups -OCH3 is 2. The van der Waals surface area contributed by atoms with E-state index in [9.17, 15) is 14.4 Å². The number of unbranched alkanes of at least 4 members (excludes halogenated alkanes) is 1. The van der Waals surface area contributed by atoms with Gasteiger partial charge in [-0.15, -0.1) is 0 Å². The van der Waals surface area contributed by atoms with E-state index in [1.807, 2.05) is 53.4 Å². The molecule has 2 fully saturated rings. The summed E-state index contributed by atoms with van der Waals surface area (Å²) in [4.78, 5) is 45.0. The maximum atomic E-state index is 13.9. The van der Waals surface area contributed by atoms with Crippen molar-refractivity contribution in [2.75, 3.05) is 52.0 Å². The number of nitrogens with zero attached hydrogens (tertiary/aromatic N) is 3. The van der Waals surface area contributed by atoms with Crippen LogP contribution in [0, 0.1) is 0 Å². The molecule has 1 spiro atoms. The summed E-state index contributed by atoms with van der Waals surface area (Å²) >= 11 is 0. The molecule has 39 heavy (non-hydrogen) atoms. The van der Waals surface area contributed by atoms with Gasteiger partial charge in [0.15, 0.2) is 11.5 Å². The number of ether oxygens (including phenoxy) is 2. The summed E-state index contributed by atoms with van der Waals surface area (Å²) in [5.41, 5.74) is 1.22. The van der Waals surface area contributed by atoms with E-state index < -0.39 is 5.54 Å². The number of likely N-dealkylation sites (tertiary alicyclic amines) is 1. The van der Waals surface area contributed by atoms with Crippen LogP contribution in [0.25, 0.3) is 0 Å². The number of hydrogen-bond donors (Lipinski definition) is 1. The number of carbonyl (C=O) groups excluding carboxylic acids is 3. The average Bonchev–Trinajstić information content (AvgIpc) is 3.22. The quantitative estimate of drug-likeness (QED) is 0.474. The van der Waals surface area contributed by atoms with Gasteiger partial charge in [-0.1, -0.05) is 37.6 Å². The summed E-state index contributed by atoms with van der Waals surface area (Å²) in [6, 6.07) is 15.6. The van der Waals surface area contributed by atoms with Gasteiger partial charge >= 0.3 is 0 Å². The second-order valence-corrected chi connectivity index (χ2v) is 10.2. The van der Waals surface area contributed by atoms with Crippen LogP contribution in [0.4, 0.5) is 5.69 Å². The first-order chi connectivity index (χ1) is 18.9. The van der Waals surface area contributed by atoms with Gasteiger partial charge in [-0.25, -0.2) is 0 Å². The zero-order chi connectivity index (χ0) is 27.8. The number of anilines is 1. The monoisotopic (exact) mass is 536 g/mol. The van der Waals surface area contributed by atoms with Crippen molar-refractivity contribution in [1.29, 1.82) is 0 Å². The second-order valence-electron chi connectivity index (χ2n) is 10.2. The lowest BCUT2D eigenvalue weighted by Gasteiger charge is -2.43. The molecule has 0 aliphatic carbocycles. The molecule has 2 aliphatic rings. The lowest BCUT2D eigenvalue weighted by Crippen LogP contribution is -2.57. The molecular formula is C30H40N4O5. The molecule has 3 amide bonds. The highest BCUT2D eigenvalue weighted by molar-refractivity contribution is 5.96. The third-order valence-electron chi connectivity index (χ3n) is 7.79. The molecule has 0 saturated carbocycles. The Morgan fingerprint density at radius 1 is 1.00 bits per heavy atom. The van der Waals surface area contributed by atoms with Crippen LogP contribution in [0.1, 0.15) is 44.6 Å². The third-order valence-corrected chi connectivity index (χ3v) is 7.79. The highest BCUT2D eigenvalue weighted by Crippen LogP contribution is 2.39. The number of nitrogens with one attached hydrogen (secondary N) is 1. The summed E-state index contributed by atoms with van der Waals surface area (Å²) < 4.78 is 10.6. The van der Waals surface area contributed by atoms with Gasteiger partial charge < -0.3 is 29.5 Å². The fourth-order valence-electron chi connectivity index (χ4n) is 5.55. The van der Waals surface area contributed by atoms with Crippen LogP contribution in [0.15, 0.2) is 48.5 Å².